The molecule has 172 valence electrons. The Hall–Kier alpha value is -3.83. The van der Waals surface area contributed by atoms with Gasteiger partial charge in [-0.25, -0.2) is 0 Å². The Morgan fingerprint density at radius 1 is 1.26 bits per heavy atom. The first kappa shape index (κ1) is 22.0. The minimum absolute atomic E-state index is 0.0475. The summed E-state index contributed by atoms with van der Waals surface area (Å²) in [6.45, 7) is 4.40. The molecule has 8 nitrogen and oxygen atoms in total. The molecule has 1 aliphatic heterocycles. The Kier molecular flexibility index (Phi) is 5.72. The minimum atomic E-state index is -0.693. The van der Waals surface area contributed by atoms with Crippen molar-refractivity contribution in [3.63, 3.8) is 0 Å². The van der Waals surface area contributed by atoms with Crippen LogP contribution in [0.25, 0.3) is 16.6 Å². The van der Waals surface area contributed by atoms with Crippen LogP contribution in [0.1, 0.15) is 53.4 Å². The van der Waals surface area contributed by atoms with Crippen molar-refractivity contribution >= 4 is 22.5 Å². The Morgan fingerprint density at radius 2 is 2.12 bits per heavy atom. The van der Waals surface area contributed by atoms with Gasteiger partial charge in [0.25, 0.3) is 11.5 Å². The summed E-state index contributed by atoms with van der Waals surface area (Å²) in [5.74, 6) is -0.300. The van der Waals surface area contributed by atoms with Crippen molar-refractivity contribution < 1.29 is 4.79 Å². The van der Waals surface area contributed by atoms with Gasteiger partial charge in [0.1, 0.15) is 11.2 Å². The van der Waals surface area contributed by atoms with Crippen molar-refractivity contribution in [2.45, 2.75) is 44.7 Å². The maximum Gasteiger partial charge on any atom is 0.271 e. The van der Waals surface area contributed by atoms with Crippen molar-refractivity contribution in [1.29, 1.82) is 5.26 Å². The number of carbonyl (C=O) groups excluding carboxylic acids is 1. The molecule has 0 bridgehead atoms. The molecule has 0 aromatic carbocycles. The van der Waals surface area contributed by atoms with Crippen molar-refractivity contribution in [3.05, 3.63) is 75.5 Å². The number of nitriles is 1. The molecule has 1 aliphatic carbocycles. The van der Waals surface area contributed by atoms with Crippen LogP contribution >= 0.6 is 0 Å². The molecular formula is C26H26N6O2. The molecule has 2 N–H and O–H groups in total. The van der Waals surface area contributed by atoms with Crippen LogP contribution in [0, 0.1) is 11.3 Å². The van der Waals surface area contributed by atoms with Gasteiger partial charge in [-0.05, 0) is 60.6 Å². The lowest BCUT2D eigenvalue weighted by Crippen LogP contribution is -2.36. The monoisotopic (exact) mass is 454 g/mol. The van der Waals surface area contributed by atoms with E-state index in [0.29, 0.717) is 25.0 Å². The largest absolute Gasteiger partial charge is 0.332 e. The standard InChI is InChI=1S/C26H26N6O2/c1-2-18-12-22-23(30-24(18)33)11-17(13-28-22)15-32-9-5-19(6-10-32)20-3-4-21(29-14-20)25(34)31-26(16-27)7-8-26/h3-5,11-14H,2,6-10,15H2,1H3,(H,30,33)(H,31,34). The van der Waals surface area contributed by atoms with Gasteiger partial charge in [0.05, 0.1) is 17.1 Å². The molecule has 1 saturated carbocycles. The number of H-pyrrole nitrogens is 1. The third-order valence-electron chi connectivity index (χ3n) is 6.59. The lowest BCUT2D eigenvalue weighted by atomic mass is 10.0. The summed E-state index contributed by atoms with van der Waals surface area (Å²) in [5.41, 5.74) is 5.20. The number of aromatic amines is 1. The van der Waals surface area contributed by atoms with Gasteiger partial charge in [0.15, 0.2) is 0 Å². The highest BCUT2D eigenvalue weighted by Crippen LogP contribution is 2.34. The number of rotatable bonds is 6. The van der Waals surface area contributed by atoms with Crippen LogP contribution in [0.3, 0.4) is 0 Å². The number of hydrogen-bond donors (Lipinski definition) is 2. The number of aryl methyl sites for hydroxylation is 1. The Balaban J connectivity index is 1.22. The van der Waals surface area contributed by atoms with E-state index >= 15 is 0 Å². The summed E-state index contributed by atoms with van der Waals surface area (Å²) in [6.07, 6.45) is 8.76. The molecule has 0 radical (unpaired) electrons. The normalized spacial score (nSPS) is 17.1. The van der Waals surface area contributed by atoms with Crippen LogP contribution in [0.15, 0.2) is 47.5 Å². The summed E-state index contributed by atoms with van der Waals surface area (Å²) in [6, 6.07) is 9.67. The molecule has 8 heteroatoms. The molecule has 3 aromatic heterocycles. The van der Waals surface area contributed by atoms with E-state index in [1.807, 2.05) is 31.3 Å². The zero-order valence-corrected chi connectivity index (χ0v) is 19.1. The number of amides is 1. The predicted molar refractivity (Wildman–Crippen MR) is 129 cm³/mol. The van der Waals surface area contributed by atoms with E-state index in [9.17, 15) is 9.59 Å². The van der Waals surface area contributed by atoms with E-state index in [-0.39, 0.29) is 11.5 Å². The Labute approximate surface area is 197 Å². The number of nitrogens with zero attached hydrogens (tertiary/aromatic N) is 4. The van der Waals surface area contributed by atoms with Gasteiger partial charge in [0, 0.05) is 37.6 Å². The smallest absolute Gasteiger partial charge is 0.271 e. The van der Waals surface area contributed by atoms with Crippen molar-refractivity contribution in [2.24, 2.45) is 0 Å². The molecule has 0 spiro atoms. The molecule has 2 aliphatic rings. The van der Waals surface area contributed by atoms with E-state index in [1.54, 1.807) is 12.3 Å². The van der Waals surface area contributed by atoms with E-state index in [2.05, 4.69) is 37.3 Å². The van der Waals surface area contributed by atoms with Crippen LogP contribution in [0.4, 0.5) is 0 Å². The number of fused-ring (bicyclic) bond motifs is 1. The quantitative estimate of drug-likeness (QED) is 0.592. The predicted octanol–water partition coefficient (Wildman–Crippen LogP) is 2.96. The highest BCUT2D eigenvalue weighted by molar-refractivity contribution is 5.93. The van der Waals surface area contributed by atoms with Gasteiger partial charge in [-0.2, -0.15) is 5.26 Å². The van der Waals surface area contributed by atoms with Gasteiger partial charge in [-0.1, -0.05) is 19.1 Å². The van der Waals surface area contributed by atoms with Gasteiger partial charge in [0.2, 0.25) is 0 Å². The molecule has 0 atom stereocenters. The first-order valence-corrected chi connectivity index (χ1v) is 11.6. The van der Waals surface area contributed by atoms with E-state index < -0.39 is 5.54 Å². The average molecular weight is 455 g/mol. The minimum Gasteiger partial charge on any atom is -0.332 e. The number of carbonyl (C=O) groups is 1. The zero-order chi connectivity index (χ0) is 23.7. The third kappa shape index (κ3) is 4.47. The highest BCUT2D eigenvalue weighted by atomic mass is 16.2. The van der Waals surface area contributed by atoms with E-state index in [0.717, 1.165) is 53.8 Å². The molecule has 0 saturated heterocycles. The number of aromatic nitrogens is 3. The number of pyridine rings is 3. The fourth-order valence-electron chi connectivity index (χ4n) is 4.28. The molecule has 0 unspecified atom stereocenters. The number of nitrogens with one attached hydrogen (secondary N) is 2. The maximum absolute atomic E-state index is 12.3. The maximum atomic E-state index is 12.3. The summed E-state index contributed by atoms with van der Waals surface area (Å²) >= 11 is 0. The summed E-state index contributed by atoms with van der Waals surface area (Å²) in [7, 11) is 0. The lowest BCUT2D eigenvalue weighted by Gasteiger charge is -2.26. The fraction of sp³-hybridized carbons (Fsp3) is 0.346. The van der Waals surface area contributed by atoms with Crippen molar-refractivity contribution in [3.8, 4) is 6.07 Å². The SMILES string of the molecule is CCc1cc2ncc(CN3CC=C(c4ccc(C(=O)NC5(C#N)CC5)nc4)CC3)cc2[nH]c1=O. The van der Waals surface area contributed by atoms with E-state index in [1.165, 1.54) is 5.57 Å². The van der Waals surface area contributed by atoms with Gasteiger partial charge in [-0.15, -0.1) is 0 Å². The Morgan fingerprint density at radius 3 is 2.76 bits per heavy atom. The van der Waals surface area contributed by atoms with Gasteiger partial charge >= 0.3 is 0 Å². The lowest BCUT2D eigenvalue weighted by molar-refractivity contribution is 0.0936. The van der Waals surface area contributed by atoms with Crippen molar-refractivity contribution in [1.82, 2.24) is 25.2 Å². The first-order chi connectivity index (χ1) is 16.5. The summed E-state index contributed by atoms with van der Waals surface area (Å²) in [5, 5.41) is 11.9. The second kappa shape index (κ2) is 8.84. The third-order valence-corrected chi connectivity index (χ3v) is 6.59. The highest BCUT2D eigenvalue weighted by Gasteiger charge is 2.44. The van der Waals surface area contributed by atoms with Crippen molar-refractivity contribution in [2.75, 3.05) is 13.1 Å². The molecule has 34 heavy (non-hydrogen) atoms. The van der Waals surface area contributed by atoms with E-state index in [4.69, 9.17) is 5.26 Å². The second-order valence-corrected chi connectivity index (χ2v) is 9.05. The molecule has 1 fully saturated rings. The molecule has 5 rings (SSSR count). The van der Waals surface area contributed by atoms with Crippen LogP contribution in [-0.4, -0.2) is 44.4 Å². The molecule has 4 heterocycles. The fourth-order valence-corrected chi connectivity index (χ4v) is 4.28. The van der Waals surface area contributed by atoms with Gasteiger partial charge < -0.3 is 10.3 Å². The second-order valence-electron chi connectivity index (χ2n) is 9.05. The topological polar surface area (TPSA) is 115 Å². The van der Waals surface area contributed by atoms with Gasteiger partial charge in [-0.3, -0.25) is 24.5 Å². The zero-order valence-electron chi connectivity index (χ0n) is 19.1. The summed E-state index contributed by atoms with van der Waals surface area (Å²) in [4.78, 5) is 38.6. The average Bonchev–Trinajstić information content (AvgIpc) is 3.64. The van der Waals surface area contributed by atoms with Crippen LogP contribution in [-0.2, 0) is 13.0 Å². The molecule has 1 amide bonds. The van der Waals surface area contributed by atoms with Crippen LogP contribution in [0.2, 0.25) is 0 Å². The number of hydrogen-bond acceptors (Lipinski definition) is 6. The van der Waals surface area contributed by atoms with Crippen LogP contribution < -0.4 is 10.9 Å². The van der Waals surface area contributed by atoms with Crippen LogP contribution in [0.5, 0.6) is 0 Å². The summed E-state index contributed by atoms with van der Waals surface area (Å²) < 4.78 is 0. The Bertz CT molecular complexity index is 1380. The first-order valence-electron chi connectivity index (χ1n) is 11.6. The molecular weight excluding hydrogens is 428 g/mol. The molecule has 3 aromatic rings.